The number of rotatable bonds is 4. The molecular weight excluding hydrogens is 548 g/mol. The van der Waals surface area contributed by atoms with Crippen LogP contribution in [-0.4, -0.2) is 23.6 Å². The van der Waals surface area contributed by atoms with E-state index in [1.165, 1.54) is 9.80 Å². The van der Waals surface area contributed by atoms with Crippen LogP contribution in [0.2, 0.25) is 0 Å². The van der Waals surface area contributed by atoms with Gasteiger partial charge in [0, 0.05) is 0 Å². The Morgan fingerprint density at radius 1 is 0.386 bits per heavy atom. The van der Waals surface area contributed by atoms with E-state index in [1.54, 1.807) is 50.2 Å². The molecule has 214 valence electrons. The molecule has 4 amide bonds. The number of carbonyl (C=O) groups is 4. The fourth-order valence-corrected chi connectivity index (χ4v) is 6.19. The first-order valence-electron chi connectivity index (χ1n) is 14.4. The highest BCUT2D eigenvalue weighted by Gasteiger charge is 2.40. The summed E-state index contributed by atoms with van der Waals surface area (Å²) in [6.45, 7) is 7.58. The van der Waals surface area contributed by atoms with E-state index >= 15 is 0 Å². The van der Waals surface area contributed by atoms with Gasteiger partial charge in [0.15, 0.2) is 0 Å². The van der Waals surface area contributed by atoms with Crippen molar-refractivity contribution in [3.8, 4) is 22.3 Å². The molecule has 0 N–H and O–H groups in total. The Morgan fingerprint density at radius 3 is 1.20 bits per heavy atom. The van der Waals surface area contributed by atoms with Crippen molar-refractivity contribution in [3.63, 3.8) is 0 Å². The van der Waals surface area contributed by atoms with Gasteiger partial charge in [0.1, 0.15) is 0 Å². The molecule has 0 bridgehead atoms. The van der Waals surface area contributed by atoms with Gasteiger partial charge in [-0.05, 0) is 97.5 Å². The van der Waals surface area contributed by atoms with Gasteiger partial charge < -0.3 is 0 Å². The summed E-state index contributed by atoms with van der Waals surface area (Å²) in [6.07, 6.45) is 0. The summed E-state index contributed by atoms with van der Waals surface area (Å²) >= 11 is 0. The lowest BCUT2D eigenvalue weighted by Crippen LogP contribution is -2.32. The highest BCUT2D eigenvalue weighted by atomic mass is 16.2. The summed E-state index contributed by atoms with van der Waals surface area (Å²) in [7, 11) is 0. The minimum atomic E-state index is -0.408. The minimum Gasteiger partial charge on any atom is -0.268 e. The molecule has 0 saturated carbocycles. The third-order valence-electron chi connectivity index (χ3n) is 8.50. The molecule has 6 nitrogen and oxygen atoms in total. The standard InChI is InChI=1S/C38H28N2O4/c1-21-5-9-25(10-6-21)27-13-15-30-32(19-27)37(43)39(35(30)41)29-17-23(3)34(24(4)18-29)40-36(42)31-16-14-28(20-33(31)38(40)44)26-11-7-22(2)8-12-26/h5-20H,1-4H3. The van der Waals surface area contributed by atoms with E-state index in [0.29, 0.717) is 44.8 Å². The van der Waals surface area contributed by atoms with Crippen molar-refractivity contribution in [2.24, 2.45) is 0 Å². The van der Waals surface area contributed by atoms with Crippen LogP contribution in [-0.2, 0) is 0 Å². The van der Waals surface area contributed by atoms with Gasteiger partial charge in [-0.1, -0.05) is 71.8 Å². The van der Waals surface area contributed by atoms with E-state index in [1.807, 2.05) is 74.5 Å². The Labute approximate surface area is 255 Å². The molecule has 5 aromatic carbocycles. The summed E-state index contributed by atoms with van der Waals surface area (Å²) in [5, 5.41) is 0. The number of amides is 4. The first kappa shape index (κ1) is 27.2. The van der Waals surface area contributed by atoms with E-state index in [4.69, 9.17) is 0 Å². The number of hydrogen-bond acceptors (Lipinski definition) is 4. The molecule has 7 rings (SSSR count). The Hall–Kier alpha value is -5.62. The van der Waals surface area contributed by atoms with Crippen molar-refractivity contribution in [2.45, 2.75) is 27.7 Å². The topological polar surface area (TPSA) is 74.8 Å². The summed E-state index contributed by atoms with van der Waals surface area (Å²) in [6, 6.07) is 30.0. The summed E-state index contributed by atoms with van der Waals surface area (Å²) in [4.78, 5) is 56.7. The van der Waals surface area contributed by atoms with Crippen molar-refractivity contribution in [2.75, 3.05) is 9.80 Å². The van der Waals surface area contributed by atoms with E-state index < -0.39 is 23.6 Å². The summed E-state index contributed by atoms with van der Waals surface area (Å²) in [5.41, 5.74) is 9.32. The number of anilines is 2. The fraction of sp³-hybridized carbons (Fsp3) is 0.105. The molecular formula is C38H28N2O4. The van der Waals surface area contributed by atoms with Gasteiger partial charge in [-0.2, -0.15) is 0 Å². The van der Waals surface area contributed by atoms with Crippen LogP contribution in [0.3, 0.4) is 0 Å². The maximum absolute atomic E-state index is 13.7. The Bertz CT molecular complexity index is 2050. The van der Waals surface area contributed by atoms with Crippen LogP contribution >= 0.6 is 0 Å². The smallest absolute Gasteiger partial charge is 0.266 e. The van der Waals surface area contributed by atoms with Gasteiger partial charge in [-0.15, -0.1) is 0 Å². The quantitative estimate of drug-likeness (QED) is 0.204. The monoisotopic (exact) mass is 576 g/mol. The number of imide groups is 2. The van der Waals surface area contributed by atoms with E-state index in [-0.39, 0.29) is 0 Å². The molecule has 2 aliphatic heterocycles. The van der Waals surface area contributed by atoms with Crippen LogP contribution in [0.1, 0.15) is 63.7 Å². The number of fused-ring (bicyclic) bond motifs is 2. The number of hydrogen-bond donors (Lipinski definition) is 0. The second-order valence-corrected chi connectivity index (χ2v) is 11.6. The number of carbonyl (C=O) groups excluding carboxylic acids is 4. The molecule has 6 heteroatoms. The number of nitrogens with zero attached hydrogens (tertiary/aromatic N) is 2. The van der Waals surface area contributed by atoms with Gasteiger partial charge in [0.2, 0.25) is 0 Å². The highest BCUT2D eigenvalue weighted by molar-refractivity contribution is 6.36. The van der Waals surface area contributed by atoms with Crippen LogP contribution in [0.5, 0.6) is 0 Å². The van der Waals surface area contributed by atoms with Crippen molar-refractivity contribution >= 4 is 35.0 Å². The molecule has 5 aromatic rings. The van der Waals surface area contributed by atoms with Crippen LogP contribution in [0.4, 0.5) is 11.4 Å². The molecule has 0 atom stereocenters. The third kappa shape index (κ3) is 4.18. The molecule has 0 radical (unpaired) electrons. The molecule has 0 spiro atoms. The predicted octanol–water partition coefficient (Wildman–Crippen LogP) is 7.86. The van der Waals surface area contributed by atoms with Crippen LogP contribution in [0, 0.1) is 27.7 Å². The molecule has 0 aliphatic carbocycles. The average Bonchev–Trinajstić information content (AvgIpc) is 3.41. The lowest BCUT2D eigenvalue weighted by molar-refractivity contribution is 0.0909. The second kappa shape index (κ2) is 9.99. The number of aryl methyl sites for hydroxylation is 4. The molecule has 0 aromatic heterocycles. The van der Waals surface area contributed by atoms with Crippen molar-refractivity contribution < 1.29 is 19.2 Å². The predicted molar refractivity (Wildman–Crippen MR) is 171 cm³/mol. The minimum absolute atomic E-state index is 0.343. The first-order chi connectivity index (χ1) is 21.1. The lowest BCUT2D eigenvalue weighted by Gasteiger charge is -2.22. The SMILES string of the molecule is Cc1ccc(-c2ccc3c(c2)C(=O)N(c2cc(C)c(N4C(=O)c5ccc(-c6ccc(C)cc6)cc5C4=O)c(C)c2)C3=O)cc1. The normalized spacial score (nSPS) is 14.0. The Morgan fingerprint density at radius 2 is 0.750 bits per heavy atom. The molecule has 2 aliphatic rings. The second-order valence-electron chi connectivity index (χ2n) is 11.6. The maximum atomic E-state index is 13.7. The average molecular weight is 577 g/mol. The fourth-order valence-electron chi connectivity index (χ4n) is 6.19. The van der Waals surface area contributed by atoms with Crippen molar-refractivity contribution in [3.05, 3.63) is 142 Å². The van der Waals surface area contributed by atoms with Gasteiger partial charge in [0.25, 0.3) is 23.6 Å². The highest BCUT2D eigenvalue weighted by Crippen LogP contribution is 2.39. The third-order valence-corrected chi connectivity index (χ3v) is 8.50. The number of benzene rings is 5. The van der Waals surface area contributed by atoms with Gasteiger partial charge in [0.05, 0.1) is 33.6 Å². The van der Waals surface area contributed by atoms with Crippen LogP contribution in [0.25, 0.3) is 22.3 Å². The molecule has 2 heterocycles. The first-order valence-corrected chi connectivity index (χ1v) is 14.4. The van der Waals surface area contributed by atoms with E-state index in [0.717, 1.165) is 33.4 Å². The molecule has 0 fully saturated rings. The Balaban J connectivity index is 1.21. The Kier molecular flexibility index (Phi) is 6.18. The van der Waals surface area contributed by atoms with Gasteiger partial charge in [-0.3, -0.25) is 19.2 Å². The molecule has 0 unspecified atom stereocenters. The van der Waals surface area contributed by atoms with Crippen molar-refractivity contribution in [1.29, 1.82) is 0 Å². The van der Waals surface area contributed by atoms with E-state index in [2.05, 4.69) is 0 Å². The zero-order chi connectivity index (χ0) is 30.9. The summed E-state index contributed by atoms with van der Waals surface area (Å²) in [5.74, 6) is -1.61. The maximum Gasteiger partial charge on any atom is 0.266 e. The van der Waals surface area contributed by atoms with Crippen molar-refractivity contribution in [1.82, 2.24) is 0 Å². The molecule has 44 heavy (non-hydrogen) atoms. The lowest BCUT2D eigenvalue weighted by atomic mass is 9.99. The van der Waals surface area contributed by atoms with Gasteiger partial charge in [-0.25, -0.2) is 9.80 Å². The summed E-state index contributed by atoms with van der Waals surface area (Å²) < 4.78 is 0. The molecule has 0 saturated heterocycles. The zero-order valence-electron chi connectivity index (χ0n) is 24.8. The van der Waals surface area contributed by atoms with Crippen LogP contribution in [0.15, 0.2) is 97.1 Å². The zero-order valence-corrected chi connectivity index (χ0v) is 24.8. The van der Waals surface area contributed by atoms with Gasteiger partial charge >= 0.3 is 0 Å². The van der Waals surface area contributed by atoms with Crippen LogP contribution < -0.4 is 9.80 Å². The van der Waals surface area contributed by atoms with E-state index in [9.17, 15) is 19.2 Å². The largest absolute Gasteiger partial charge is 0.268 e.